The van der Waals surface area contributed by atoms with Crippen molar-refractivity contribution in [2.45, 2.75) is 19.3 Å². The topological polar surface area (TPSA) is 87.7 Å². The first-order valence-corrected chi connectivity index (χ1v) is 6.90. The van der Waals surface area contributed by atoms with Crippen LogP contribution in [0.5, 0.6) is 0 Å². The van der Waals surface area contributed by atoms with Gasteiger partial charge in [-0.2, -0.15) is 0 Å². The molecule has 0 saturated heterocycles. The largest absolute Gasteiger partial charge is 0.409 e. The Morgan fingerprint density at radius 3 is 2.79 bits per heavy atom. The summed E-state index contributed by atoms with van der Waals surface area (Å²) >= 11 is 9.15. The van der Waals surface area contributed by atoms with Crippen molar-refractivity contribution >= 4 is 39.3 Å². The van der Waals surface area contributed by atoms with E-state index < -0.39 is 0 Å². The minimum absolute atomic E-state index is 0.174. The highest BCUT2D eigenvalue weighted by atomic mass is 79.9. The van der Waals surface area contributed by atoms with E-state index in [1.54, 1.807) is 18.2 Å². The zero-order valence-corrected chi connectivity index (χ0v) is 12.5. The van der Waals surface area contributed by atoms with Gasteiger partial charge in [0.1, 0.15) is 5.84 Å². The van der Waals surface area contributed by atoms with Gasteiger partial charge in [0.25, 0.3) is 5.91 Å². The van der Waals surface area contributed by atoms with Crippen molar-refractivity contribution in [3.63, 3.8) is 0 Å². The molecule has 0 bridgehead atoms. The van der Waals surface area contributed by atoms with Gasteiger partial charge in [0, 0.05) is 28.0 Å². The zero-order valence-electron chi connectivity index (χ0n) is 10.2. The number of unbranched alkanes of at least 4 members (excludes halogenated alkanes) is 1. The molecule has 1 aromatic carbocycles. The van der Waals surface area contributed by atoms with Crippen molar-refractivity contribution in [3.05, 3.63) is 33.3 Å². The molecule has 0 saturated carbocycles. The SMILES string of the molecule is N/C(CCCCNC(=O)c1cc(Cl)cc(Br)c1)=N/O. The number of nitrogens with one attached hydrogen (secondary N) is 1. The Bertz CT molecular complexity index is 460. The molecular weight excluding hydrogens is 334 g/mol. The van der Waals surface area contributed by atoms with E-state index in [1.165, 1.54) is 0 Å². The summed E-state index contributed by atoms with van der Waals surface area (Å²) in [5.74, 6) is 0.0251. The lowest BCUT2D eigenvalue weighted by atomic mass is 10.2. The molecule has 0 radical (unpaired) electrons. The van der Waals surface area contributed by atoms with Crippen molar-refractivity contribution in [3.8, 4) is 0 Å². The Morgan fingerprint density at radius 1 is 1.42 bits per heavy atom. The number of nitrogens with two attached hydrogens (primary N) is 1. The molecule has 4 N–H and O–H groups in total. The summed E-state index contributed by atoms with van der Waals surface area (Å²) in [5.41, 5.74) is 5.84. The van der Waals surface area contributed by atoms with Gasteiger partial charge in [-0.15, -0.1) is 0 Å². The van der Waals surface area contributed by atoms with Crippen LogP contribution in [0.1, 0.15) is 29.6 Å². The number of nitrogens with zero attached hydrogens (tertiary/aromatic N) is 1. The third kappa shape index (κ3) is 5.94. The molecule has 0 aliphatic heterocycles. The summed E-state index contributed by atoms with van der Waals surface area (Å²) < 4.78 is 0.761. The average molecular weight is 349 g/mol. The highest BCUT2D eigenvalue weighted by molar-refractivity contribution is 9.10. The van der Waals surface area contributed by atoms with Crippen LogP contribution in [0.25, 0.3) is 0 Å². The minimum Gasteiger partial charge on any atom is -0.409 e. The highest BCUT2D eigenvalue weighted by Gasteiger charge is 2.06. The lowest BCUT2D eigenvalue weighted by Gasteiger charge is -2.06. The van der Waals surface area contributed by atoms with E-state index in [2.05, 4.69) is 26.4 Å². The van der Waals surface area contributed by atoms with Crippen LogP contribution in [0.3, 0.4) is 0 Å². The maximum absolute atomic E-state index is 11.8. The third-order valence-electron chi connectivity index (χ3n) is 2.40. The van der Waals surface area contributed by atoms with E-state index in [9.17, 15) is 4.79 Å². The number of carbonyl (C=O) groups is 1. The molecule has 0 unspecified atom stereocenters. The van der Waals surface area contributed by atoms with Crippen molar-refractivity contribution in [1.29, 1.82) is 0 Å². The molecule has 104 valence electrons. The monoisotopic (exact) mass is 347 g/mol. The summed E-state index contributed by atoms with van der Waals surface area (Å²) in [6.45, 7) is 0.529. The Kier molecular flexibility index (Phi) is 6.66. The fourth-order valence-corrected chi connectivity index (χ4v) is 2.33. The van der Waals surface area contributed by atoms with Crippen LogP contribution in [-0.2, 0) is 0 Å². The van der Waals surface area contributed by atoms with Crippen LogP contribution in [0.4, 0.5) is 0 Å². The highest BCUT2D eigenvalue weighted by Crippen LogP contribution is 2.19. The van der Waals surface area contributed by atoms with Gasteiger partial charge in [-0.1, -0.05) is 32.7 Å². The van der Waals surface area contributed by atoms with Crippen LogP contribution in [-0.4, -0.2) is 23.5 Å². The molecule has 0 aliphatic rings. The van der Waals surface area contributed by atoms with Gasteiger partial charge in [-0.3, -0.25) is 4.79 Å². The molecule has 7 heteroatoms. The molecule has 0 heterocycles. The van der Waals surface area contributed by atoms with Crippen LogP contribution in [0.15, 0.2) is 27.8 Å². The van der Waals surface area contributed by atoms with Crippen LogP contribution in [0, 0.1) is 0 Å². The molecule has 1 aromatic rings. The number of carbonyl (C=O) groups excluding carboxylic acids is 1. The van der Waals surface area contributed by atoms with E-state index >= 15 is 0 Å². The molecule has 0 spiro atoms. The number of amidine groups is 1. The average Bonchev–Trinajstić information content (AvgIpc) is 2.36. The van der Waals surface area contributed by atoms with Crippen molar-refractivity contribution in [2.24, 2.45) is 10.9 Å². The Morgan fingerprint density at radius 2 is 2.16 bits per heavy atom. The number of benzene rings is 1. The summed E-state index contributed by atoms with van der Waals surface area (Å²) in [4.78, 5) is 11.8. The predicted octanol–water partition coefficient (Wildman–Crippen LogP) is 2.75. The van der Waals surface area contributed by atoms with Crippen LogP contribution in [0.2, 0.25) is 5.02 Å². The van der Waals surface area contributed by atoms with Gasteiger partial charge in [-0.05, 0) is 31.0 Å². The maximum atomic E-state index is 11.8. The van der Waals surface area contributed by atoms with Gasteiger partial charge in [0.05, 0.1) is 0 Å². The normalized spacial score (nSPS) is 11.4. The number of halogens is 2. The predicted molar refractivity (Wildman–Crippen MR) is 78.7 cm³/mol. The van der Waals surface area contributed by atoms with Gasteiger partial charge >= 0.3 is 0 Å². The minimum atomic E-state index is -0.174. The summed E-state index contributed by atoms with van der Waals surface area (Å²) in [6, 6.07) is 5.03. The standard InChI is InChI=1S/C12H15BrClN3O2/c13-9-5-8(6-10(14)7-9)12(18)16-4-2-1-3-11(15)17-19/h5-7,19H,1-4H2,(H2,15,17)(H,16,18). The molecular formula is C12H15BrClN3O2. The van der Waals surface area contributed by atoms with E-state index in [0.29, 0.717) is 23.6 Å². The molecule has 1 rings (SSSR count). The number of hydrogen-bond acceptors (Lipinski definition) is 3. The second kappa shape index (κ2) is 8.01. The quantitative estimate of drug-likeness (QED) is 0.243. The Hall–Kier alpha value is -1.27. The lowest BCUT2D eigenvalue weighted by Crippen LogP contribution is -2.24. The first-order valence-electron chi connectivity index (χ1n) is 5.73. The fraction of sp³-hybridized carbons (Fsp3) is 0.333. The van der Waals surface area contributed by atoms with Gasteiger partial charge < -0.3 is 16.3 Å². The van der Waals surface area contributed by atoms with Crippen LogP contribution >= 0.6 is 27.5 Å². The fourth-order valence-electron chi connectivity index (χ4n) is 1.47. The first-order chi connectivity index (χ1) is 9.02. The molecule has 0 fully saturated rings. The van der Waals surface area contributed by atoms with Crippen molar-refractivity contribution < 1.29 is 10.0 Å². The number of hydrogen-bond donors (Lipinski definition) is 3. The second-order valence-corrected chi connectivity index (χ2v) is 5.31. The molecule has 0 aromatic heterocycles. The Labute approximate surface area is 124 Å². The number of rotatable bonds is 6. The molecule has 5 nitrogen and oxygen atoms in total. The lowest BCUT2D eigenvalue weighted by molar-refractivity contribution is 0.0953. The second-order valence-electron chi connectivity index (χ2n) is 3.96. The van der Waals surface area contributed by atoms with Gasteiger partial charge in [0.2, 0.25) is 0 Å². The first kappa shape index (κ1) is 15.8. The molecule has 1 amide bonds. The summed E-state index contributed by atoms with van der Waals surface area (Å²) in [6.07, 6.45) is 2.01. The third-order valence-corrected chi connectivity index (χ3v) is 3.07. The summed E-state index contributed by atoms with van der Waals surface area (Å²) in [5, 5.41) is 14.5. The van der Waals surface area contributed by atoms with Gasteiger partial charge in [0.15, 0.2) is 0 Å². The maximum Gasteiger partial charge on any atom is 0.251 e. The van der Waals surface area contributed by atoms with E-state index in [0.717, 1.165) is 17.3 Å². The van der Waals surface area contributed by atoms with E-state index in [1.807, 2.05) is 0 Å². The van der Waals surface area contributed by atoms with Gasteiger partial charge in [-0.25, -0.2) is 0 Å². The zero-order chi connectivity index (χ0) is 14.3. The molecule has 19 heavy (non-hydrogen) atoms. The van der Waals surface area contributed by atoms with E-state index in [-0.39, 0.29) is 11.7 Å². The van der Waals surface area contributed by atoms with Crippen LogP contribution < -0.4 is 11.1 Å². The number of oxime groups is 1. The van der Waals surface area contributed by atoms with E-state index in [4.69, 9.17) is 22.5 Å². The Balaban J connectivity index is 2.35. The smallest absolute Gasteiger partial charge is 0.251 e. The molecule has 0 atom stereocenters. The number of amides is 1. The molecule has 0 aliphatic carbocycles. The van der Waals surface area contributed by atoms with Crippen molar-refractivity contribution in [2.75, 3.05) is 6.54 Å². The summed E-state index contributed by atoms with van der Waals surface area (Å²) in [7, 11) is 0. The van der Waals surface area contributed by atoms with Crippen molar-refractivity contribution in [1.82, 2.24) is 5.32 Å².